The molecule has 1 aromatic rings. The smallest absolute Gasteiger partial charge is 0.229 e. The summed E-state index contributed by atoms with van der Waals surface area (Å²) in [5.74, 6) is 0.677. The van der Waals surface area contributed by atoms with Crippen molar-refractivity contribution >= 4 is 23.5 Å². The van der Waals surface area contributed by atoms with Gasteiger partial charge >= 0.3 is 0 Å². The number of halogens is 1. The van der Waals surface area contributed by atoms with Gasteiger partial charge in [0.05, 0.1) is 5.54 Å². The maximum Gasteiger partial charge on any atom is 0.229 e. The minimum atomic E-state index is -0.567. The second-order valence-electron chi connectivity index (χ2n) is 4.14. The van der Waals surface area contributed by atoms with E-state index in [2.05, 4.69) is 35.8 Å². The Morgan fingerprint density at radius 3 is 2.61 bits per heavy atom. The van der Waals surface area contributed by atoms with Crippen LogP contribution < -0.4 is 10.6 Å². The number of anilines is 2. The number of rotatable bonds is 7. The van der Waals surface area contributed by atoms with E-state index in [1.54, 1.807) is 0 Å². The summed E-state index contributed by atoms with van der Waals surface area (Å²) in [5.41, 5.74) is -0.567. The van der Waals surface area contributed by atoms with E-state index >= 15 is 0 Å². The van der Waals surface area contributed by atoms with Crippen molar-refractivity contribution in [2.24, 2.45) is 5.34 Å². The molecule has 0 saturated heterocycles. The van der Waals surface area contributed by atoms with E-state index in [0.717, 1.165) is 0 Å². The summed E-state index contributed by atoms with van der Waals surface area (Å²) >= 11 is 5.78. The fourth-order valence-electron chi connectivity index (χ4n) is 1.17. The van der Waals surface area contributed by atoms with Crippen LogP contribution in [0.4, 0.5) is 11.9 Å². The summed E-state index contributed by atoms with van der Waals surface area (Å²) < 4.78 is 0. The van der Waals surface area contributed by atoms with Crippen molar-refractivity contribution in [1.82, 2.24) is 15.0 Å². The van der Waals surface area contributed by atoms with Gasteiger partial charge in [-0.1, -0.05) is 0 Å². The Kier molecular flexibility index (Phi) is 5.02. The van der Waals surface area contributed by atoms with E-state index < -0.39 is 5.54 Å². The Balaban J connectivity index is 2.79. The van der Waals surface area contributed by atoms with Crippen molar-refractivity contribution in [2.45, 2.75) is 26.3 Å². The fraction of sp³-hybridized carbons (Fsp3) is 0.667. The molecule has 0 atom stereocenters. The van der Waals surface area contributed by atoms with Crippen LogP contribution in [0.3, 0.4) is 0 Å². The van der Waals surface area contributed by atoms with E-state index in [0.29, 0.717) is 18.4 Å². The molecule has 8 nitrogen and oxygen atoms in total. The lowest BCUT2D eigenvalue weighted by Gasteiger charge is -2.23. The van der Waals surface area contributed by atoms with Crippen LogP contribution in [-0.4, -0.2) is 33.6 Å². The van der Waals surface area contributed by atoms with Gasteiger partial charge in [-0.15, -0.1) is 4.91 Å². The monoisotopic (exact) mass is 274 g/mol. The van der Waals surface area contributed by atoms with E-state index in [1.807, 2.05) is 20.8 Å². The van der Waals surface area contributed by atoms with Crippen molar-refractivity contribution in [2.75, 3.05) is 23.8 Å². The molecular weight excluding hydrogens is 260 g/mol. The molecule has 0 fully saturated rings. The highest BCUT2D eigenvalue weighted by Gasteiger charge is 2.21. The summed E-state index contributed by atoms with van der Waals surface area (Å²) in [6.07, 6.45) is 0. The predicted octanol–water partition coefficient (Wildman–Crippen LogP) is 1.85. The summed E-state index contributed by atoms with van der Waals surface area (Å²) in [7, 11) is 0. The highest BCUT2D eigenvalue weighted by atomic mass is 35.5. The van der Waals surface area contributed by atoms with Crippen molar-refractivity contribution in [3.05, 3.63) is 10.2 Å². The Morgan fingerprint density at radius 2 is 2.00 bits per heavy atom. The lowest BCUT2D eigenvalue weighted by molar-refractivity contribution is 0.107. The van der Waals surface area contributed by atoms with Gasteiger partial charge in [0.15, 0.2) is 5.34 Å². The second kappa shape index (κ2) is 6.29. The zero-order valence-electron chi connectivity index (χ0n) is 10.4. The van der Waals surface area contributed by atoms with Crippen molar-refractivity contribution in [1.29, 1.82) is 0 Å². The molecule has 0 bridgehead atoms. The average molecular weight is 275 g/mol. The standard InChI is InChI=1S/C9H15ClN6O2/c1-4-11-7-12-6(10)13-8(14-7)15-9(2,3)5-18-16-17/h4-5H2,1-3H3,(H2,11,12,13,14,15). The number of hydrogen-bond donors (Lipinski definition) is 2. The molecule has 0 aliphatic rings. The highest BCUT2D eigenvalue weighted by Crippen LogP contribution is 2.15. The van der Waals surface area contributed by atoms with Crippen LogP contribution in [0, 0.1) is 4.91 Å². The van der Waals surface area contributed by atoms with E-state index in [9.17, 15) is 4.91 Å². The third kappa shape index (κ3) is 4.66. The zero-order chi connectivity index (χ0) is 13.6. The van der Waals surface area contributed by atoms with Crippen molar-refractivity contribution in [3.8, 4) is 0 Å². The molecule has 9 heteroatoms. The van der Waals surface area contributed by atoms with E-state index in [-0.39, 0.29) is 11.9 Å². The third-order valence-corrected chi connectivity index (χ3v) is 2.04. The molecule has 2 N–H and O–H groups in total. The Morgan fingerprint density at radius 1 is 1.33 bits per heavy atom. The van der Waals surface area contributed by atoms with Gasteiger partial charge in [-0.3, -0.25) is 0 Å². The molecule has 0 aliphatic carbocycles. The molecule has 0 radical (unpaired) electrons. The highest BCUT2D eigenvalue weighted by molar-refractivity contribution is 6.28. The van der Waals surface area contributed by atoms with Crippen LogP contribution in [0.2, 0.25) is 5.28 Å². The normalized spacial score (nSPS) is 10.9. The SMILES string of the molecule is CCNc1nc(Cl)nc(NC(C)(C)CON=O)n1. The number of aromatic nitrogens is 3. The van der Waals surface area contributed by atoms with Gasteiger partial charge in [0.25, 0.3) is 0 Å². The summed E-state index contributed by atoms with van der Waals surface area (Å²) in [4.78, 5) is 26.4. The lowest BCUT2D eigenvalue weighted by Crippen LogP contribution is -2.36. The molecular formula is C9H15ClN6O2. The maximum atomic E-state index is 9.93. The largest absolute Gasteiger partial charge is 0.362 e. The molecule has 1 rings (SSSR count). The van der Waals surface area contributed by atoms with Crippen LogP contribution in [0.1, 0.15) is 20.8 Å². The van der Waals surface area contributed by atoms with Crippen LogP contribution in [0.5, 0.6) is 0 Å². The van der Waals surface area contributed by atoms with Crippen LogP contribution in [0.25, 0.3) is 0 Å². The summed E-state index contributed by atoms with van der Waals surface area (Å²) in [6.45, 7) is 6.28. The van der Waals surface area contributed by atoms with E-state index in [1.165, 1.54) is 0 Å². The number of nitrogens with zero attached hydrogens (tertiary/aromatic N) is 4. The quantitative estimate of drug-likeness (QED) is 0.578. The molecule has 18 heavy (non-hydrogen) atoms. The topological polar surface area (TPSA) is 101 Å². The first kappa shape index (κ1) is 14.4. The predicted molar refractivity (Wildman–Crippen MR) is 68.4 cm³/mol. The molecule has 1 heterocycles. The van der Waals surface area contributed by atoms with Crippen LogP contribution in [-0.2, 0) is 4.84 Å². The van der Waals surface area contributed by atoms with Gasteiger partial charge in [0.2, 0.25) is 17.2 Å². The molecule has 0 aromatic carbocycles. The fourth-order valence-corrected chi connectivity index (χ4v) is 1.33. The summed E-state index contributed by atoms with van der Waals surface area (Å²) in [5, 5.41) is 8.34. The van der Waals surface area contributed by atoms with Gasteiger partial charge in [0.1, 0.15) is 6.61 Å². The average Bonchev–Trinajstić information content (AvgIpc) is 2.25. The maximum absolute atomic E-state index is 9.93. The van der Waals surface area contributed by atoms with Crippen LogP contribution >= 0.6 is 11.6 Å². The Bertz CT molecular complexity index is 414. The molecule has 1 aromatic heterocycles. The minimum Gasteiger partial charge on any atom is -0.362 e. The van der Waals surface area contributed by atoms with Crippen molar-refractivity contribution in [3.63, 3.8) is 0 Å². The lowest BCUT2D eigenvalue weighted by atomic mass is 10.1. The molecule has 0 unspecified atom stereocenters. The molecule has 0 saturated carbocycles. The Labute approximate surface area is 109 Å². The van der Waals surface area contributed by atoms with E-state index in [4.69, 9.17) is 11.6 Å². The first-order valence-electron chi connectivity index (χ1n) is 5.35. The van der Waals surface area contributed by atoms with Gasteiger partial charge in [-0.05, 0) is 32.4 Å². The number of hydrogen-bond acceptors (Lipinski definition) is 8. The minimum absolute atomic E-state index is 0.0775. The molecule has 0 aliphatic heterocycles. The molecule has 100 valence electrons. The second-order valence-corrected chi connectivity index (χ2v) is 4.48. The number of nitrogens with one attached hydrogen (secondary N) is 2. The first-order chi connectivity index (χ1) is 8.46. The van der Waals surface area contributed by atoms with Crippen LogP contribution in [0.15, 0.2) is 5.34 Å². The van der Waals surface area contributed by atoms with Gasteiger partial charge in [0, 0.05) is 6.54 Å². The Hall–Kier alpha value is -1.70. The first-order valence-corrected chi connectivity index (χ1v) is 5.73. The van der Waals surface area contributed by atoms with Gasteiger partial charge in [-0.25, -0.2) is 0 Å². The van der Waals surface area contributed by atoms with Gasteiger partial charge < -0.3 is 15.5 Å². The van der Waals surface area contributed by atoms with Crippen molar-refractivity contribution < 1.29 is 4.84 Å². The molecule has 0 amide bonds. The summed E-state index contributed by atoms with van der Waals surface area (Å²) in [6, 6.07) is 0. The van der Waals surface area contributed by atoms with Gasteiger partial charge in [-0.2, -0.15) is 15.0 Å². The molecule has 0 spiro atoms. The zero-order valence-corrected chi connectivity index (χ0v) is 11.2. The third-order valence-electron chi connectivity index (χ3n) is 1.87.